The Bertz CT molecular complexity index is 976. The summed E-state index contributed by atoms with van der Waals surface area (Å²) in [5.74, 6) is 2.12. The third kappa shape index (κ3) is 6.84. The molecule has 0 aliphatic carbocycles. The van der Waals surface area contributed by atoms with Crippen molar-refractivity contribution in [3.63, 3.8) is 0 Å². The summed E-state index contributed by atoms with van der Waals surface area (Å²) in [6.45, 7) is 1.44. The van der Waals surface area contributed by atoms with Gasteiger partial charge in [0.25, 0.3) is 0 Å². The molecule has 3 rings (SSSR count). The maximum atomic E-state index is 11.1. The van der Waals surface area contributed by atoms with Gasteiger partial charge in [0.05, 0.1) is 19.7 Å². The number of hydrogen-bond donors (Lipinski definition) is 2. The Labute approximate surface area is 183 Å². The molecule has 0 saturated heterocycles. The molecular formula is C24H30N4O3. The van der Waals surface area contributed by atoms with Crippen molar-refractivity contribution in [1.29, 1.82) is 0 Å². The van der Waals surface area contributed by atoms with Crippen LogP contribution in [-0.2, 0) is 16.1 Å². The average Bonchev–Trinajstić information content (AvgIpc) is 2.82. The lowest BCUT2D eigenvalue weighted by molar-refractivity contribution is -0.140. The fraction of sp³-hybridized carbons (Fsp3) is 0.375. The highest BCUT2D eigenvalue weighted by atomic mass is 16.5. The molecule has 1 aromatic heterocycles. The van der Waals surface area contributed by atoms with Crippen LogP contribution in [-0.4, -0.2) is 36.7 Å². The van der Waals surface area contributed by atoms with E-state index >= 15 is 0 Å². The Kier molecular flexibility index (Phi) is 8.46. The van der Waals surface area contributed by atoms with Crippen LogP contribution in [0.3, 0.4) is 0 Å². The predicted molar refractivity (Wildman–Crippen MR) is 123 cm³/mol. The highest BCUT2D eigenvalue weighted by molar-refractivity contribution is 5.90. The zero-order valence-corrected chi connectivity index (χ0v) is 18.2. The number of anilines is 2. The van der Waals surface area contributed by atoms with E-state index in [1.807, 2.05) is 48.5 Å². The van der Waals surface area contributed by atoms with Gasteiger partial charge in [-0.05, 0) is 42.7 Å². The molecule has 2 aromatic carbocycles. The number of para-hydroxylation sites is 1. The van der Waals surface area contributed by atoms with Gasteiger partial charge in [-0.3, -0.25) is 4.79 Å². The van der Waals surface area contributed by atoms with Gasteiger partial charge >= 0.3 is 5.97 Å². The number of aromatic nitrogens is 2. The number of nitrogens with one attached hydrogen (secondary N) is 2. The second kappa shape index (κ2) is 11.7. The average molecular weight is 423 g/mol. The molecule has 0 aliphatic rings. The van der Waals surface area contributed by atoms with Crippen molar-refractivity contribution in [2.45, 2.75) is 38.6 Å². The first-order chi connectivity index (χ1) is 15.2. The third-order valence-corrected chi connectivity index (χ3v) is 5.04. The van der Waals surface area contributed by atoms with Gasteiger partial charge in [-0.25, -0.2) is 4.98 Å². The Balaban J connectivity index is 1.56. The number of carbonyl (C=O) groups is 1. The van der Waals surface area contributed by atoms with E-state index in [0.717, 1.165) is 60.3 Å². The maximum Gasteiger partial charge on any atom is 0.305 e. The molecule has 1 heterocycles. The molecule has 0 saturated carbocycles. The van der Waals surface area contributed by atoms with Crippen molar-refractivity contribution in [3.05, 3.63) is 54.1 Å². The number of methoxy groups -OCH3 is 2. The molecule has 0 spiro atoms. The van der Waals surface area contributed by atoms with Gasteiger partial charge in [0.2, 0.25) is 5.95 Å². The van der Waals surface area contributed by atoms with E-state index in [1.54, 1.807) is 7.11 Å². The van der Waals surface area contributed by atoms with Crippen molar-refractivity contribution >= 4 is 28.6 Å². The number of ether oxygens (including phenoxy) is 2. The minimum atomic E-state index is -0.141. The summed E-state index contributed by atoms with van der Waals surface area (Å²) >= 11 is 0. The molecule has 164 valence electrons. The predicted octanol–water partition coefficient (Wildman–Crippen LogP) is 4.79. The first-order valence-electron chi connectivity index (χ1n) is 10.6. The van der Waals surface area contributed by atoms with Gasteiger partial charge in [-0.2, -0.15) is 4.98 Å². The Hall–Kier alpha value is -3.35. The van der Waals surface area contributed by atoms with E-state index in [4.69, 9.17) is 9.72 Å². The summed E-state index contributed by atoms with van der Waals surface area (Å²) in [6, 6.07) is 16.0. The minimum Gasteiger partial charge on any atom is -0.497 e. The molecule has 3 aromatic rings. The fourth-order valence-corrected chi connectivity index (χ4v) is 3.27. The van der Waals surface area contributed by atoms with Crippen LogP contribution in [0.2, 0.25) is 0 Å². The smallest absolute Gasteiger partial charge is 0.305 e. The van der Waals surface area contributed by atoms with Crippen molar-refractivity contribution in [2.24, 2.45) is 0 Å². The van der Waals surface area contributed by atoms with Crippen LogP contribution in [0.4, 0.5) is 11.8 Å². The summed E-state index contributed by atoms with van der Waals surface area (Å²) in [4.78, 5) is 20.5. The molecule has 0 fully saturated rings. The summed E-state index contributed by atoms with van der Waals surface area (Å²) in [7, 11) is 3.09. The van der Waals surface area contributed by atoms with Gasteiger partial charge in [0.15, 0.2) is 0 Å². The summed E-state index contributed by atoms with van der Waals surface area (Å²) in [6.07, 6.45) is 4.38. The number of fused-ring (bicyclic) bond motifs is 1. The monoisotopic (exact) mass is 422 g/mol. The van der Waals surface area contributed by atoms with Gasteiger partial charge in [-0.15, -0.1) is 0 Å². The quantitative estimate of drug-likeness (QED) is 0.321. The molecule has 7 heteroatoms. The minimum absolute atomic E-state index is 0.141. The van der Waals surface area contributed by atoms with E-state index < -0.39 is 0 Å². The van der Waals surface area contributed by atoms with Crippen molar-refractivity contribution < 1.29 is 14.3 Å². The molecule has 0 aliphatic heterocycles. The highest BCUT2D eigenvalue weighted by Gasteiger charge is 2.08. The number of nitrogens with zero attached hydrogens (tertiary/aromatic N) is 2. The molecule has 31 heavy (non-hydrogen) atoms. The SMILES string of the molecule is COC(=O)CCCCCCNc1nc(NCc2ccc(OC)cc2)c2ccccc2n1. The number of benzene rings is 2. The number of esters is 1. The molecule has 0 radical (unpaired) electrons. The van der Waals surface area contributed by atoms with Crippen molar-refractivity contribution in [2.75, 3.05) is 31.4 Å². The second-order valence-electron chi connectivity index (χ2n) is 7.28. The van der Waals surface area contributed by atoms with Crippen LogP contribution in [0.5, 0.6) is 5.75 Å². The van der Waals surface area contributed by atoms with Gasteiger partial charge in [-0.1, -0.05) is 37.1 Å². The third-order valence-electron chi connectivity index (χ3n) is 5.04. The van der Waals surface area contributed by atoms with Gasteiger partial charge < -0.3 is 20.1 Å². The molecule has 0 atom stereocenters. The van der Waals surface area contributed by atoms with Crippen LogP contribution in [0.15, 0.2) is 48.5 Å². The Morgan fingerprint density at radius 2 is 1.68 bits per heavy atom. The number of hydrogen-bond acceptors (Lipinski definition) is 7. The van der Waals surface area contributed by atoms with Crippen LogP contribution < -0.4 is 15.4 Å². The first kappa shape index (κ1) is 22.3. The van der Waals surface area contributed by atoms with E-state index in [2.05, 4.69) is 20.4 Å². The Morgan fingerprint density at radius 3 is 2.45 bits per heavy atom. The lowest BCUT2D eigenvalue weighted by Crippen LogP contribution is -2.09. The van der Waals surface area contributed by atoms with Crippen LogP contribution in [0.1, 0.15) is 37.7 Å². The first-order valence-corrected chi connectivity index (χ1v) is 10.6. The fourth-order valence-electron chi connectivity index (χ4n) is 3.27. The Morgan fingerprint density at radius 1 is 0.903 bits per heavy atom. The van der Waals surface area contributed by atoms with E-state index in [9.17, 15) is 4.79 Å². The molecule has 2 N–H and O–H groups in total. The van der Waals surface area contributed by atoms with Crippen LogP contribution in [0.25, 0.3) is 10.9 Å². The van der Waals surface area contributed by atoms with Crippen LogP contribution in [0, 0.1) is 0 Å². The van der Waals surface area contributed by atoms with Crippen molar-refractivity contribution in [1.82, 2.24) is 9.97 Å². The number of carbonyl (C=O) groups excluding carboxylic acids is 1. The topological polar surface area (TPSA) is 85.4 Å². The largest absolute Gasteiger partial charge is 0.497 e. The summed E-state index contributed by atoms with van der Waals surface area (Å²) < 4.78 is 9.88. The van der Waals surface area contributed by atoms with Gasteiger partial charge in [0, 0.05) is 24.9 Å². The summed E-state index contributed by atoms with van der Waals surface area (Å²) in [5, 5.41) is 7.76. The van der Waals surface area contributed by atoms with Gasteiger partial charge in [0.1, 0.15) is 11.6 Å². The second-order valence-corrected chi connectivity index (χ2v) is 7.28. The summed E-state index contributed by atoms with van der Waals surface area (Å²) in [5.41, 5.74) is 2.04. The molecule has 7 nitrogen and oxygen atoms in total. The zero-order chi connectivity index (χ0) is 21.9. The zero-order valence-electron chi connectivity index (χ0n) is 18.2. The molecular weight excluding hydrogens is 392 g/mol. The lowest BCUT2D eigenvalue weighted by atomic mass is 10.1. The van der Waals surface area contributed by atoms with Crippen LogP contribution >= 0.6 is 0 Å². The lowest BCUT2D eigenvalue weighted by Gasteiger charge is -2.12. The standard InChI is InChI=1S/C24H30N4O3/c1-30-19-14-12-18(13-15-19)17-26-23-20-9-6-7-10-21(20)27-24(28-23)25-16-8-4-3-5-11-22(29)31-2/h6-7,9-10,12-15H,3-5,8,11,16-17H2,1-2H3,(H2,25,26,27,28). The van der Waals surface area contributed by atoms with E-state index in [0.29, 0.717) is 18.9 Å². The van der Waals surface area contributed by atoms with E-state index in [1.165, 1.54) is 7.11 Å². The molecule has 0 amide bonds. The normalized spacial score (nSPS) is 10.6. The highest BCUT2D eigenvalue weighted by Crippen LogP contribution is 2.23. The number of unbranched alkanes of at least 4 members (excludes halogenated alkanes) is 3. The van der Waals surface area contributed by atoms with Crippen molar-refractivity contribution in [3.8, 4) is 5.75 Å². The molecule has 0 unspecified atom stereocenters. The van der Waals surface area contributed by atoms with E-state index in [-0.39, 0.29) is 5.97 Å². The molecule has 0 bridgehead atoms. The maximum absolute atomic E-state index is 11.1. The number of rotatable bonds is 12.